The number of aliphatic hydroxyl groups excluding tert-OH is 1. The summed E-state index contributed by atoms with van der Waals surface area (Å²) in [5, 5.41) is 8.26. The van der Waals surface area contributed by atoms with Gasteiger partial charge in [-0.15, -0.1) is 12.3 Å². The molecule has 0 unspecified atom stereocenters. The zero-order valence-corrected chi connectivity index (χ0v) is 16.0. The van der Waals surface area contributed by atoms with Crippen LogP contribution in [-0.4, -0.2) is 34.8 Å². The van der Waals surface area contributed by atoms with Gasteiger partial charge in [0.15, 0.2) is 0 Å². The Hall–Kier alpha value is 0.326. The smallest absolute Gasteiger partial charge is 1.00 e. The van der Waals surface area contributed by atoms with Gasteiger partial charge in [-0.05, 0) is 41.5 Å². The number of terminal acetylenes is 1. The average Bonchev–Trinajstić information content (AvgIpc) is 2.17. The summed E-state index contributed by atoms with van der Waals surface area (Å²) in [6, 6.07) is 0. The second-order valence-electron chi connectivity index (χ2n) is 5.10. The topological polar surface area (TPSA) is 20.2 Å². The number of halogens is 1. The van der Waals surface area contributed by atoms with E-state index in [4.69, 9.17) is 11.5 Å². The van der Waals surface area contributed by atoms with Crippen molar-refractivity contribution in [3.05, 3.63) is 6.92 Å². The van der Waals surface area contributed by atoms with Crippen LogP contribution in [0.15, 0.2) is 0 Å². The molecule has 0 saturated heterocycles. The van der Waals surface area contributed by atoms with Crippen LogP contribution in [0.2, 0.25) is 0 Å². The van der Waals surface area contributed by atoms with E-state index in [1.807, 2.05) is 41.5 Å². The van der Waals surface area contributed by atoms with Gasteiger partial charge in [-0.2, -0.15) is 6.92 Å². The van der Waals surface area contributed by atoms with Gasteiger partial charge in [-0.1, -0.05) is 11.8 Å². The first kappa shape index (κ1) is 31.0. The third-order valence-electron chi connectivity index (χ3n) is 0.975. The molecule has 0 fully saturated rings. The Labute approximate surface area is 141 Å². The maximum absolute atomic E-state index is 8.26. The zero-order chi connectivity index (χ0) is 13.8. The van der Waals surface area contributed by atoms with Gasteiger partial charge in [0, 0.05) is 10.8 Å². The zero-order valence-electron chi connectivity index (χ0n) is 13.0. The van der Waals surface area contributed by atoms with Gasteiger partial charge in [-0.3, -0.25) is 0 Å². The molecule has 18 heavy (non-hydrogen) atoms. The van der Waals surface area contributed by atoms with Gasteiger partial charge >= 0.3 is 23.1 Å². The van der Waals surface area contributed by atoms with E-state index in [1.54, 1.807) is 6.92 Å². The maximum atomic E-state index is 8.26. The molecule has 1 N–H and O–H groups in total. The molecular formula is C15H27BrMgO. The first-order valence-corrected chi connectivity index (χ1v) is 5.42. The first-order valence-electron chi connectivity index (χ1n) is 5.42. The summed E-state index contributed by atoms with van der Waals surface area (Å²) in [6.07, 6.45) is 5.06. The molecule has 0 rings (SSSR count). The minimum Gasteiger partial charge on any atom is -1.00 e. The van der Waals surface area contributed by atoms with Gasteiger partial charge in [0.2, 0.25) is 0 Å². The van der Waals surface area contributed by atoms with Gasteiger partial charge in [0.1, 0.15) is 6.61 Å². The van der Waals surface area contributed by atoms with Crippen molar-refractivity contribution in [1.82, 2.24) is 0 Å². The molecule has 0 aromatic rings. The first-order chi connectivity index (χ1) is 7.12. The molecule has 0 heterocycles. The minimum absolute atomic E-state index is 0. The summed E-state index contributed by atoms with van der Waals surface area (Å²) < 4.78 is 0. The van der Waals surface area contributed by atoms with Gasteiger partial charge in [-0.25, -0.2) is 0 Å². The summed E-state index contributed by atoms with van der Waals surface area (Å²) in [4.78, 5) is 0. The predicted octanol–water partition coefficient (Wildman–Crippen LogP) is 0.157. The maximum Gasteiger partial charge on any atom is 2.00 e. The van der Waals surface area contributed by atoms with E-state index in [2.05, 4.69) is 24.7 Å². The molecule has 0 aromatic heterocycles. The van der Waals surface area contributed by atoms with Crippen LogP contribution in [0.5, 0.6) is 0 Å². The molecule has 3 heteroatoms. The van der Waals surface area contributed by atoms with Gasteiger partial charge < -0.3 is 29.0 Å². The molecule has 0 atom stereocenters. The average molecular weight is 328 g/mol. The van der Waals surface area contributed by atoms with E-state index >= 15 is 0 Å². The molecule has 0 aromatic carbocycles. The van der Waals surface area contributed by atoms with Crippen LogP contribution in [0.1, 0.15) is 48.5 Å². The molecule has 1 nitrogen and oxygen atoms in total. The van der Waals surface area contributed by atoms with Crippen molar-refractivity contribution in [3.8, 4) is 24.2 Å². The van der Waals surface area contributed by atoms with Crippen LogP contribution in [0.4, 0.5) is 0 Å². The monoisotopic (exact) mass is 326 g/mol. The third kappa shape index (κ3) is 55.3. The second kappa shape index (κ2) is 17.3. The van der Waals surface area contributed by atoms with E-state index in [0.29, 0.717) is 0 Å². The quantitative estimate of drug-likeness (QED) is 0.382. The Balaban J connectivity index is -0.0000000511. The predicted molar refractivity (Wildman–Crippen MR) is 79.4 cm³/mol. The van der Waals surface area contributed by atoms with Crippen LogP contribution < -0.4 is 17.0 Å². The molecule has 0 bridgehead atoms. The van der Waals surface area contributed by atoms with E-state index < -0.39 is 0 Å². The van der Waals surface area contributed by atoms with Crippen molar-refractivity contribution in [1.29, 1.82) is 0 Å². The van der Waals surface area contributed by atoms with Gasteiger partial charge in [0.25, 0.3) is 0 Å². The standard InChI is InChI=1S/C7H12O.C6H10.C2H5.BrH.Mg/c1-7(2,3)5-4-6-8;1-5-6(2,3)4;1-2;;/h8H,6H2,1-3H3;1H,2-4H3;1H2,2H3;1H;/q;;-1;;+2/p-1. The van der Waals surface area contributed by atoms with E-state index in [1.165, 1.54) is 0 Å². The van der Waals surface area contributed by atoms with E-state index in [-0.39, 0.29) is 57.5 Å². The van der Waals surface area contributed by atoms with E-state index in [9.17, 15) is 0 Å². The number of rotatable bonds is 0. The SMILES string of the molecule is C#CC(C)(C)C.CC(C)(C)C#CCO.[Br-].[CH2-]C.[Mg+2]. The fraction of sp³-hybridized carbons (Fsp3) is 0.667. The molecular weight excluding hydrogens is 300 g/mol. The summed E-state index contributed by atoms with van der Waals surface area (Å²) in [5.74, 6) is 8.07. The largest absolute Gasteiger partial charge is 2.00 e. The van der Waals surface area contributed by atoms with Crippen LogP contribution in [0.25, 0.3) is 0 Å². The van der Waals surface area contributed by atoms with Crippen molar-refractivity contribution in [2.45, 2.75) is 48.5 Å². The number of aliphatic hydroxyl groups is 1. The van der Waals surface area contributed by atoms with Crippen LogP contribution in [0, 0.1) is 41.9 Å². The molecule has 0 saturated carbocycles. The molecule has 102 valence electrons. The Morgan fingerprint density at radius 2 is 1.28 bits per heavy atom. The number of hydrogen-bond donors (Lipinski definition) is 1. The summed E-state index contributed by atoms with van der Waals surface area (Å²) in [7, 11) is 0. The molecule has 0 aliphatic carbocycles. The normalized spacial score (nSPS) is 8.22. The van der Waals surface area contributed by atoms with Crippen molar-refractivity contribution >= 4 is 23.1 Å². The molecule has 0 spiro atoms. The second-order valence-corrected chi connectivity index (χ2v) is 5.10. The van der Waals surface area contributed by atoms with Crippen molar-refractivity contribution in [3.63, 3.8) is 0 Å². The van der Waals surface area contributed by atoms with Crippen LogP contribution in [0.3, 0.4) is 0 Å². The Kier molecular flexibility index (Phi) is 29.8. The van der Waals surface area contributed by atoms with Crippen LogP contribution >= 0.6 is 0 Å². The fourth-order valence-corrected chi connectivity index (χ4v) is 0.305. The Bertz CT molecular complexity index is 243. The number of hydrogen-bond acceptors (Lipinski definition) is 1. The Morgan fingerprint density at radius 1 is 1.00 bits per heavy atom. The molecule has 0 aliphatic rings. The minimum atomic E-state index is -0.0305. The van der Waals surface area contributed by atoms with Crippen molar-refractivity contribution in [2.24, 2.45) is 10.8 Å². The Morgan fingerprint density at radius 3 is 1.33 bits per heavy atom. The summed E-state index contributed by atoms with van der Waals surface area (Å²) >= 11 is 0. The van der Waals surface area contributed by atoms with Crippen molar-refractivity contribution < 1.29 is 22.1 Å². The van der Waals surface area contributed by atoms with Crippen molar-refractivity contribution in [2.75, 3.05) is 6.61 Å². The van der Waals surface area contributed by atoms with Crippen LogP contribution in [-0.2, 0) is 0 Å². The summed E-state index contributed by atoms with van der Waals surface area (Å²) in [6.45, 7) is 17.0. The fourth-order valence-electron chi connectivity index (χ4n) is 0.305. The molecule has 0 aliphatic heterocycles. The summed E-state index contributed by atoms with van der Waals surface area (Å²) in [5.41, 5.74) is 0.0999. The molecule has 0 radical (unpaired) electrons. The third-order valence-corrected chi connectivity index (χ3v) is 0.975. The van der Waals surface area contributed by atoms with Gasteiger partial charge in [0.05, 0.1) is 0 Å². The van der Waals surface area contributed by atoms with E-state index in [0.717, 1.165) is 0 Å². The molecule has 0 amide bonds.